The van der Waals surface area contributed by atoms with E-state index < -0.39 is 0 Å². The van der Waals surface area contributed by atoms with Crippen LogP contribution in [0, 0.1) is 0 Å². The van der Waals surface area contributed by atoms with Crippen LogP contribution in [0.3, 0.4) is 0 Å². The van der Waals surface area contributed by atoms with Crippen molar-refractivity contribution in [3.8, 4) is 17.1 Å². The van der Waals surface area contributed by atoms with Crippen LogP contribution in [0.15, 0.2) is 24.3 Å². The minimum Gasteiger partial charge on any atom is -0.497 e. The zero-order valence-electron chi connectivity index (χ0n) is 9.34. The summed E-state index contributed by atoms with van der Waals surface area (Å²) in [6, 6.07) is 7.70. The van der Waals surface area contributed by atoms with E-state index in [2.05, 4.69) is 10.1 Å². The highest BCUT2D eigenvalue weighted by atomic mass is 16.5. The summed E-state index contributed by atoms with van der Waals surface area (Å²) in [6.07, 6.45) is 0. The van der Waals surface area contributed by atoms with E-state index in [1.165, 1.54) is 0 Å². The van der Waals surface area contributed by atoms with Gasteiger partial charge in [-0.3, -0.25) is 0 Å². The summed E-state index contributed by atoms with van der Waals surface area (Å²) in [5.41, 5.74) is 6.47. The van der Waals surface area contributed by atoms with Gasteiger partial charge >= 0.3 is 0 Å². The van der Waals surface area contributed by atoms with Gasteiger partial charge in [0, 0.05) is 12.6 Å². The molecule has 2 aromatic rings. The van der Waals surface area contributed by atoms with Crippen molar-refractivity contribution in [3.05, 3.63) is 30.1 Å². The van der Waals surface area contributed by atoms with Crippen LogP contribution >= 0.6 is 0 Å². The Hall–Kier alpha value is -1.88. The highest BCUT2D eigenvalue weighted by molar-refractivity contribution is 5.57. The molecule has 0 spiro atoms. The lowest BCUT2D eigenvalue weighted by atomic mass is 10.2. The van der Waals surface area contributed by atoms with Crippen molar-refractivity contribution in [3.63, 3.8) is 0 Å². The zero-order valence-corrected chi connectivity index (χ0v) is 9.34. The van der Waals surface area contributed by atoms with Gasteiger partial charge in [0.2, 0.25) is 0 Å². The van der Waals surface area contributed by atoms with Crippen LogP contribution < -0.4 is 10.5 Å². The minimum atomic E-state index is 0.345. The van der Waals surface area contributed by atoms with Crippen molar-refractivity contribution in [2.45, 2.75) is 6.54 Å². The predicted octanol–water partition coefficient (Wildman–Crippen LogP) is 0.949. The van der Waals surface area contributed by atoms with Gasteiger partial charge in [-0.2, -0.15) is 5.10 Å². The zero-order chi connectivity index (χ0) is 11.5. The minimum absolute atomic E-state index is 0.345. The summed E-state index contributed by atoms with van der Waals surface area (Å²) >= 11 is 0. The van der Waals surface area contributed by atoms with Crippen LogP contribution in [-0.2, 0) is 13.6 Å². The average molecular weight is 218 g/mol. The van der Waals surface area contributed by atoms with Gasteiger partial charge in [0.05, 0.1) is 13.7 Å². The Morgan fingerprint density at radius 2 is 2.25 bits per heavy atom. The summed E-state index contributed by atoms with van der Waals surface area (Å²) in [7, 11) is 3.49. The quantitative estimate of drug-likeness (QED) is 0.833. The fourth-order valence-electron chi connectivity index (χ4n) is 1.54. The molecule has 0 saturated carbocycles. The summed E-state index contributed by atoms with van der Waals surface area (Å²) < 4.78 is 6.89. The van der Waals surface area contributed by atoms with Crippen LogP contribution in [0.5, 0.6) is 5.75 Å². The van der Waals surface area contributed by atoms with Gasteiger partial charge in [-0.25, -0.2) is 9.67 Å². The number of aryl methyl sites for hydroxylation is 1. The van der Waals surface area contributed by atoms with Gasteiger partial charge in [0.25, 0.3) is 0 Å². The van der Waals surface area contributed by atoms with Crippen molar-refractivity contribution < 1.29 is 4.74 Å². The molecule has 0 unspecified atom stereocenters. The van der Waals surface area contributed by atoms with Crippen LogP contribution in [0.1, 0.15) is 5.82 Å². The van der Waals surface area contributed by atoms with Gasteiger partial charge in [0.1, 0.15) is 5.75 Å². The third-order valence-corrected chi connectivity index (χ3v) is 2.32. The molecular weight excluding hydrogens is 204 g/mol. The number of nitrogens with zero attached hydrogens (tertiary/aromatic N) is 3. The maximum Gasteiger partial charge on any atom is 0.164 e. The molecule has 0 fully saturated rings. The first kappa shape index (κ1) is 10.6. The third kappa shape index (κ3) is 1.90. The Labute approximate surface area is 93.9 Å². The number of aromatic nitrogens is 3. The lowest BCUT2D eigenvalue weighted by Gasteiger charge is -2.03. The summed E-state index contributed by atoms with van der Waals surface area (Å²) in [6.45, 7) is 0.345. The number of rotatable bonds is 3. The van der Waals surface area contributed by atoms with Gasteiger partial charge in [-0.1, -0.05) is 12.1 Å². The molecule has 0 atom stereocenters. The van der Waals surface area contributed by atoms with Crippen molar-refractivity contribution in [2.24, 2.45) is 12.8 Å². The number of benzene rings is 1. The monoisotopic (exact) mass is 218 g/mol. The molecule has 5 heteroatoms. The first-order valence-corrected chi connectivity index (χ1v) is 4.99. The lowest BCUT2D eigenvalue weighted by molar-refractivity contribution is 0.415. The largest absolute Gasteiger partial charge is 0.497 e. The first-order valence-electron chi connectivity index (χ1n) is 4.99. The molecule has 16 heavy (non-hydrogen) atoms. The maximum atomic E-state index is 5.50. The molecule has 1 aromatic carbocycles. The fourth-order valence-corrected chi connectivity index (χ4v) is 1.54. The van der Waals surface area contributed by atoms with E-state index >= 15 is 0 Å². The van der Waals surface area contributed by atoms with Crippen molar-refractivity contribution in [1.82, 2.24) is 14.8 Å². The van der Waals surface area contributed by atoms with E-state index in [1.54, 1.807) is 11.8 Å². The highest BCUT2D eigenvalue weighted by Crippen LogP contribution is 2.21. The van der Waals surface area contributed by atoms with Crippen LogP contribution in [0.2, 0.25) is 0 Å². The second kappa shape index (κ2) is 4.32. The second-order valence-corrected chi connectivity index (χ2v) is 3.41. The third-order valence-electron chi connectivity index (χ3n) is 2.32. The molecule has 0 aliphatic rings. The van der Waals surface area contributed by atoms with Crippen molar-refractivity contribution >= 4 is 0 Å². The van der Waals surface area contributed by atoms with Gasteiger partial charge in [-0.15, -0.1) is 0 Å². The number of hydrogen-bond donors (Lipinski definition) is 1. The van der Waals surface area contributed by atoms with Gasteiger partial charge in [-0.05, 0) is 12.1 Å². The van der Waals surface area contributed by atoms with Gasteiger partial charge < -0.3 is 10.5 Å². The molecule has 5 nitrogen and oxygen atoms in total. The number of methoxy groups -OCH3 is 1. The van der Waals surface area contributed by atoms with Crippen molar-refractivity contribution in [2.75, 3.05) is 7.11 Å². The highest BCUT2D eigenvalue weighted by Gasteiger charge is 2.08. The Bertz CT molecular complexity index is 492. The number of ether oxygens (including phenoxy) is 1. The topological polar surface area (TPSA) is 66.0 Å². The molecule has 0 saturated heterocycles. The van der Waals surface area contributed by atoms with Crippen LogP contribution in [0.25, 0.3) is 11.4 Å². The molecule has 0 aliphatic carbocycles. The maximum absolute atomic E-state index is 5.50. The van der Waals surface area contributed by atoms with E-state index in [9.17, 15) is 0 Å². The Balaban J connectivity index is 2.45. The average Bonchev–Trinajstić information content (AvgIpc) is 2.71. The molecule has 0 aliphatic heterocycles. The Kier molecular flexibility index (Phi) is 2.87. The molecule has 0 amide bonds. The molecule has 1 heterocycles. The van der Waals surface area contributed by atoms with Crippen LogP contribution in [-0.4, -0.2) is 21.9 Å². The van der Waals surface area contributed by atoms with E-state index in [0.29, 0.717) is 12.4 Å². The molecule has 2 N–H and O–H groups in total. The van der Waals surface area contributed by atoms with Gasteiger partial charge in [0.15, 0.2) is 11.6 Å². The van der Waals surface area contributed by atoms with E-state index in [0.717, 1.165) is 17.1 Å². The molecular formula is C11H14N4O. The van der Waals surface area contributed by atoms with Crippen LogP contribution in [0.4, 0.5) is 0 Å². The lowest BCUT2D eigenvalue weighted by Crippen LogP contribution is -1.99. The molecule has 1 aromatic heterocycles. The summed E-state index contributed by atoms with van der Waals surface area (Å²) in [5, 5.41) is 4.20. The molecule has 2 rings (SSSR count). The second-order valence-electron chi connectivity index (χ2n) is 3.41. The van der Waals surface area contributed by atoms with E-state index in [4.69, 9.17) is 10.5 Å². The van der Waals surface area contributed by atoms with E-state index in [-0.39, 0.29) is 0 Å². The molecule has 0 radical (unpaired) electrons. The SMILES string of the molecule is COc1cccc(-c2nc(CN)nn2C)c1. The molecule has 84 valence electrons. The number of hydrogen-bond acceptors (Lipinski definition) is 4. The standard InChI is InChI=1S/C11H14N4O/c1-15-11(13-10(7-12)14-15)8-4-3-5-9(6-8)16-2/h3-6H,7,12H2,1-2H3. The van der Waals surface area contributed by atoms with Crippen molar-refractivity contribution in [1.29, 1.82) is 0 Å². The summed E-state index contributed by atoms with van der Waals surface area (Å²) in [5.74, 6) is 2.23. The fraction of sp³-hybridized carbons (Fsp3) is 0.273. The first-order chi connectivity index (χ1) is 7.74. The Morgan fingerprint density at radius 1 is 1.44 bits per heavy atom. The Morgan fingerprint density at radius 3 is 2.88 bits per heavy atom. The summed E-state index contributed by atoms with van der Waals surface area (Å²) in [4.78, 5) is 4.35. The smallest absolute Gasteiger partial charge is 0.164 e. The predicted molar refractivity (Wildman–Crippen MR) is 60.9 cm³/mol. The normalized spacial score (nSPS) is 10.4. The number of nitrogens with two attached hydrogens (primary N) is 1. The van der Waals surface area contributed by atoms with E-state index in [1.807, 2.05) is 31.3 Å². The molecule has 0 bridgehead atoms.